The molecule has 0 radical (unpaired) electrons. The summed E-state index contributed by atoms with van der Waals surface area (Å²) in [6.07, 6.45) is -0.244. The summed E-state index contributed by atoms with van der Waals surface area (Å²) in [5.41, 5.74) is 1.09. The van der Waals surface area contributed by atoms with Crippen molar-refractivity contribution >= 4 is 23.1 Å². The Morgan fingerprint density at radius 3 is 2.77 bits per heavy atom. The van der Waals surface area contributed by atoms with Crippen molar-refractivity contribution in [3.63, 3.8) is 0 Å². The van der Waals surface area contributed by atoms with Crippen molar-refractivity contribution in [1.82, 2.24) is 4.98 Å². The molecule has 74 valence electrons. The summed E-state index contributed by atoms with van der Waals surface area (Å²) in [7, 11) is 0. The van der Waals surface area contributed by atoms with Crippen LogP contribution < -0.4 is 0 Å². The number of thiazole rings is 1. The monoisotopic (exact) mass is 217 g/mol. The number of thioether (sulfide) groups is 1. The van der Waals surface area contributed by atoms with Crippen LogP contribution in [0.5, 0.6) is 0 Å². The van der Waals surface area contributed by atoms with Crippen LogP contribution >= 0.6 is 23.1 Å². The van der Waals surface area contributed by atoms with Gasteiger partial charge in [0, 0.05) is 22.1 Å². The second kappa shape index (κ2) is 4.98. The molecule has 4 heteroatoms. The lowest BCUT2D eigenvalue weighted by Gasteiger charge is -2.12. The van der Waals surface area contributed by atoms with E-state index in [-0.39, 0.29) is 11.4 Å². The summed E-state index contributed by atoms with van der Waals surface area (Å²) in [4.78, 5) is 4.36. The summed E-state index contributed by atoms with van der Waals surface area (Å²) in [6.45, 7) is 5.86. The van der Waals surface area contributed by atoms with E-state index in [9.17, 15) is 5.11 Å². The maximum atomic E-state index is 9.27. The Morgan fingerprint density at radius 2 is 2.31 bits per heavy atom. The van der Waals surface area contributed by atoms with E-state index in [0.29, 0.717) is 0 Å². The Labute approximate surface area is 87.4 Å². The van der Waals surface area contributed by atoms with Gasteiger partial charge < -0.3 is 5.11 Å². The summed E-state index contributed by atoms with van der Waals surface area (Å²) in [5, 5.41) is 12.8. The van der Waals surface area contributed by atoms with E-state index in [2.05, 4.69) is 10.4 Å². The fourth-order valence-electron chi connectivity index (χ4n) is 0.811. The molecule has 0 aliphatic carbocycles. The van der Waals surface area contributed by atoms with Crippen molar-refractivity contribution in [2.24, 2.45) is 0 Å². The van der Waals surface area contributed by atoms with Crippen LogP contribution in [0.25, 0.3) is 0 Å². The van der Waals surface area contributed by atoms with Crippen molar-refractivity contribution in [2.75, 3.05) is 0 Å². The van der Waals surface area contributed by atoms with Crippen LogP contribution in [0.2, 0.25) is 0 Å². The van der Waals surface area contributed by atoms with Crippen LogP contribution in [0.4, 0.5) is 0 Å². The molecule has 1 rings (SSSR count). The van der Waals surface area contributed by atoms with Gasteiger partial charge in [-0.05, 0) is 13.8 Å². The second-order valence-electron chi connectivity index (χ2n) is 3.14. The lowest BCUT2D eigenvalue weighted by atomic mass is 10.3. The highest BCUT2D eigenvalue weighted by molar-refractivity contribution is 7.99. The molecule has 2 unspecified atom stereocenters. The van der Waals surface area contributed by atoms with Gasteiger partial charge in [-0.1, -0.05) is 6.92 Å². The molecule has 2 nitrogen and oxygen atoms in total. The van der Waals surface area contributed by atoms with E-state index in [1.165, 1.54) is 0 Å². The Kier molecular flexibility index (Phi) is 4.22. The average Bonchev–Trinajstić information content (AvgIpc) is 2.47. The largest absolute Gasteiger partial charge is 0.392 e. The predicted molar refractivity (Wildman–Crippen MR) is 59.3 cm³/mol. The van der Waals surface area contributed by atoms with E-state index in [0.717, 1.165) is 16.5 Å². The van der Waals surface area contributed by atoms with Crippen LogP contribution in [0.1, 0.15) is 24.5 Å². The molecule has 1 aromatic heterocycles. The Hall–Kier alpha value is -0.0600. The van der Waals surface area contributed by atoms with E-state index in [1.807, 2.05) is 20.8 Å². The lowest BCUT2D eigenvalue weighted by molar-refractivity contribution is 0.196. The first-order valence-corrected chi connectivity index (χ1v) is 6.23. The van der Waals surface area contributed by atoms with Crippen molar-refractivity contribution < 1.29 is 5.11 Å². The van der Waals surface area contributed by atoms with Gasteiger partial charge in [-0.3, -0.25) is 0 Å². The second-order valence-corrected chi connectivity index (χ2v) is 5.45. The molecule has 0 saturated carbocycles. The number of aliphatic hydroxyl groups is 1. The van der Waals surface area contributed by atoms with Crippen LogP contribution in [-0.4, -0.2) is 21.4 Å². The third-order valence-corrected chi connectivity index (χ3v) is 4.32. The van der Waals surface area contributed by atoms with Crippen LogP contribution in [-0.2, 0) is 5.75 Å². The van der Waals surface area contributed by atoms with Gasteiger partial charge in [-0.2, -0.15) is 0 Å². The van der Waals surface area contributed by atoms with Crippen LogP contribution in [0, 0.1) is 6.92 Å². The molecule has 0 aromatic carbocycles. The van der Waals surface area contributed by atoms with E-state index in [4.69, 9.17) is 0 Å². The fraction of sp³-hybridized carbons (Fsp3) is 0.667. The highest BCUT2D eigenvalue weighted by Crippen LogP contribution is 2.21. The van der Waals surface area contributed by atoms with Gasteiger partial charge in [0.25, 0.3) is 0 Å². The smallest absolute Gasteiger partial charge is 0.103 e. The van der Waals surface area contributed by atoms with Crippen molar-refractivity contribution in [1.29, 1.82) is 0 Å². The van der Waals surface area contributed by atoms with Crippen LogP contribution in [0.15, 0.2) is 5.38 Å². The SMILES string of the molecule is Cc1csc(CSC(C)C(C)O)n1. The normalized spacial score (nSPS) is 15.7. The zero-order valence-electron chi connectivity index (χ0n) is 8.15. The quantitative estimate of drug-likeness (QED) is 0.841. The molecule has 0 saturated heterocycles. The Morgan fingerprint density at radius 1 is 1.62 bits per heavy atom. The number of nitrogens with zero attached hydrogens (tertiary/aromatic N) is 1. The first-order valence-electron chi connectivity index (χ1n) is 4.30. The number of aryl methyl sites for hydroxylation is 1. The topological polar surface area (TPSA) is 33.1 Å². The number of hydrogen-bond donors (Lipinski definition) is 1. The highest BCUT2D eigenvalue weighted by atomic mass is 32.2. The summed E-state index contributed by atoms with van der Waals surface area (Å²) >= 11 is 3.44. The number of aliphatic hydroxyl groups excluding tert-OH is 1. The van der Waals surface area contributed by atoms with Gasteiger partial charge >= 0.3 is 0 Å². The Bertz CT molecular complexity index is 260. The molecule has 1 N–H and O–H groups in total. The minimum Gasteiger partial charge on any atom is -0.392 e. The summed E-state index contributed by atoms with van der Waals surface area (Å²) in [5.74, 6) is 0.907. The molecule has 0 amide bonds. The summed E-state index contributed by atoms with van der Waals surface area (Å²) in [6, 6.07) is 0. The highest BCUT2D eigenvalue weighted by Gasteiger charge is 2.09. The van der Waals surface area contributed by atoms with Crippen LogP contribution in [0.3, 0.4) is 0 Å². The standard InChI is InChI=1S/C9H15NOS2/c1-6-4-13-9(10-6)5-12-8(3)7(2)11/h4,7-8,11H,5H2,1-3H3. The van der Waals surface area contributed by atoms with Gasteiger partial charge in [-0.15, -0.1) is 23.1 Å². The Balaban J connectivity index is 2.35. The lowest BCUT2D eigenvalue weighted by Crippen LogP contribution is -2.15. The fourth-order valence-corrected chi connectivity index (χ4v) is 2.59. The van der Waals surface area contributed by atoms with Gasteiger partial charge in [-0.25, -0.2) is 4.98 Å². The molecule has 0 fully saturated rings. The number of aromatic nitrogens is 1. The number of rotatable bonds is 4. The molecule has 13 heavy (non-hydrogen) atoms. The first kappa shape index (κ1) is 11.0. The van der Waals surface area contributed by atoms with Gasteiger partial charge in [0.2, 0.25) is 0 Å². The minimum absolute atomic E-state index is 0.244. The molecule has 2 atom stereocenters. The predicted octanol–water partition coefficient (Wildman–Crippen LogP) is 2.45. The van der Waals surface area contributed by atoms with Crippen molar-refractivity contribution in [2.45, 2.75) is 37.9 Å². The molecule has 1 heterocycles. The van der Waals surface area contributed by atoms with E-state index in [1.54, 1.807) is 23.1 Å². The molecular weight excluding hydrogens is 202 g/mol. The molecule has 0 aliphatic heterocycles. The molecular formula is C9H15NOS2. The summed E-state index contributed by atoms with van der Waals surface area (Å²) < 4.78 is 0. The van der Waals surface area contributed by atoms with E-state index >= 15 is 0 Å². The first-order chi connectivity index (χ1) is 6.09. The minimum atomic E-state index is -0.244. The zero-order chi connectivity index (χ0) is 9.84. The van der Waals surface area contributed by atoms with Gasteiger partial charge in [0.05, 0.1) is 6.10 Å². The molecule has 0 bridgehead atoms. The maximum absolute atomic E-state index is 9.27. The van der Waals surface area contributed by atoms with Gasteiger partial charge in [0.1, 0.15) is 5.01 Å². The average molecular weight is 217 g/mol. The third-order valence-electron chi connectivity index (χ3n) is 1.82. The number of hydrogen-bond acceptors (Lipinski definition) is 4. The molecule has 0 spiro atoms. The van der Waals surface area contributed by atoms with Crippen molar-refractivity contribution in [3.8, 4) is 0 Å². The maximum Gasteiger partial charge on any atom is 0.103 e. The molecule has 0 aliphatic rings. The van der Waals surface area contributed by atoms with Gasteiger partial charge in [0.15, 0.2) is 0 Å². The third kappa shape index (κ3) is 3.67. The zero-order valence-corrected chi connectivity index (χ0v) is 9.78. The molecule has 1 aromatic rings. The van der Waals surface area contributed by atoms with Crippen molar-refractivity contribution in [3.05, 3.63) is 16.1 Å². The van der Waals surface area contributed by atoms with E-state index < -0.39 is 0 Å².